The fourth-order valence-electron chi connectivity index (χ4n) is 4.64. The zero-order valence-electron chi connectivity index (χ0n) is 20.8. The Labute approximate surface area is 225 Å². The van der Waals surface area contributed by atoms with Crippen LogP contribution in [0.4, 0.5) is 31.1 Å². The molecule has 40 heavy (non-hydrogen) atoms. The molecule has 0 heterocycles. The first kappa shape index (κ1) is 28.9. The van der Waals surface area contributed by atoms with Crippen LogP contribution in [0.1, 0.15) is 40.2 Å². The van der Waals surface area contributed by atoms with E-state index in [1.807, 2.05) is 48.5 Å². The minimum absolute atomic E-state index is 0.0300. The number of benzene rings is 3. The van der Waals surface area contributed by atoms with E-state index in [9.17, 15) is 41.0 Å². The molecule has 12 heteroatoms. The molecule has 0 aliphatic heterocycles. The number of alkyl carbamates (subject to hydrolysis) is 1. The van der Waals surface area contributed by atoms with Crippen LogP contribution in [0.2, 0.25) is 0 Å². The Balaban J connectivity index is 1.32. The first-order valence-electron chi connectivity index (χ1n) is 12.2. The molecule has 3 N–H and O–H groups in total. The van der Waals surface area contributed by atoms with Crippen molar-refractivity contribution in [2.24, 2.45) is 0 Å². The molecule has 1 atom stereocenters. The van der Waals surface area contributed by atoms with Gasteiger partial charge in [0, 0.05) is 12.5 Å². The molecule has 0 fully saturated rings. The van der Waals surface area contributed by atoms with Crippen LogP contribution in [-0.4, -0.2) is 36.4 Å². The highest BCUT2D eigenvalue weighted by Crippen LogP contribution is 2.44. The van der Waals surface area contributed by atoms with Crippen LogP contribution in [0.5, 0.6) is 0 Å². The van der Waals surface area contributed by atoms with Gasteiger partial charge in [-0.1, -0.05) is 48.5 Å². The minimum Gasteiger partial charge on any atom is -0.480 e. The predicted molar refractivity (Wildman–Crippen MR) is 132 cm³/mol. The maximum absolute atomic E-state index is 13.0. The minimum atomic E-state index is -4.97. The number of aliphatic carboxylic acids is 1. The number of amides is 1. The molecule has 0 saturated heterocycles. The Morgan fingerprint density at radius 3 is 1.88 bits per heavy atom. The second kappa shape index (κ2) is 11.6. The van der Waals surface area contributed by atoms with E-state index in [1.165, 1.54) is 0 Å². The number of carbonyl (C=O) groups excluding carboxylic acids is 1. The lowest BCUT2D eigenvalue weighted by Gasteiger charge is -2.18. The molecule has 0 spiro atoms. The van der Waals surface area contributed by atoms with Gasteiger partial charge in [-0.2, -0.15) is 26.3 Å². The third-order valence-electron chi connectivity index (χ3n) is 6.52. The summed E-state index contributed by atoms with van der Waals surface area (Å²) in [6, 6.07) is 15.1. The number of carbonyl (C=O) groups is 2. The molecule has 1 aliphatic carbocycles. The Morgan fingerprint density at radius 2 is 1.38 bits per heavy atom. The summed E-state index contributed by atoms with van der Waals surface area (Å²) in [5.74, 6) is -1.62. The van der Waals surface area contributed by atoms with Crippen molar-refractivity contribution in [3.05, 3.63) is 94.5 Å². The molecular weight excluding hydrogens is 542 g/mol. The molecule has 6 nitrogen and oxygen atoms in total. The van der Waals surface area contributed by atoms with Crippen molar-refractivity contribution < 1.29 is 45.8 Å². The number of alkyl halides is 6. The average Bonchev–Trinajstić information content (AvgIpc) is 3.21. The summed E-state index contributed by atoms with van der Waals surface area (Å²) in [5.41, 5.74) is 0.810. The molecule has 3 aromatic carbocycles. The van der Waals surface area contributed by atoms with Crippen molar-refractivity contribution >= 4 is 12.1 Å². The zero-order chi connectivity index (χ0) is 29.1. The van der Waals surface area contributed by atoms with E-state index in [2.05, 4.69) is 10.6 Å². The van der Waals surface area contributed by atoms with Crippen LogP contribution in [0.15, 0.2) is 66.7 Å². The fraction of sp³-hybridized carbons (Fsp3) is 0.286. The normalized spacial score (nSPS) is 13.8. The summed E-state index contributed by atoms with van der Waals surface area (Å²) in [7, 11) is 0. The number of halogens is 6. The van der Waals surface area contributed by atoms with Gasteiger partial charge in [0.2, 0.25) is 0 Å². The lowest BCUT2D eigenvalue weighted by molar-refractivity contribution is -0.143. The second-order valence-electron chi connectivity index (χ2n) is 9.24. The number of carboxylic acid groups (broad SMARTS) is 1. The van der Waals surface area contributed by atoms with Gasteiger partial charge in [-0.25, -0.2) is 9.59 Å². The molecule has 3 aromatic rings. The molecule has 0 bridgehead atoms. The van der Waals surface area contributed by atoms with Gasteiger partial charge in [0.25, 0.3) is 0 Å². The highest BCUT2D eigenvalue weighted by atomic mass is 19.4. The van der Waals surface area contributed by atoms with Crippen molar-refractivity contribution in [3.63, 3.8) is 0 Å². The smallest absolute Gasteiger partial charge is 0.416 e. The Morgan fingerprint density at radius 1 is 0.850 bits per heavy atom. The van der Waals surface area contributed by atoms with Gasteiger partial charge in [-0.15, -0.1) is 0 Å². The van der Waals surface area contributed by atoms with E-state index >= 15 is 0 Å². The third kappa shape index (κ3) is 6.74. The van der Waals surface area contributed by atoms with Crippen LogP contribution in [0.25, 0.3) is 11.1 Å². The van der Waals surface area contributed by atoms with Crippen molar-refractivity contribution in [1.82, 2.24) is 10.6 Å². The quantitative estimate of drug-likeness (QED) is 0.212. The molecule has 1 amide bonds. The monoisotopic (exact) mass is 566 g/mol. The number of rotatable bonds is 9. The van der Waals surface area contributed by atoms with Crippen LogP contribution >= 0.6 is 0 Å². The van der Waals surface area contributed by atoms with Crippen molar-refractivity contribution in [2.75, 3.05) is 13.2 Å². The van der Waals surface area contributed by atoms with Crippen molar-refractivity contribution in [1.29, 1.82) is 0 Å². The molecule has 212 valence electrons. The maximum atomic E-state index is 13.0. The fourth-order valence-corrected chi connectivity index (χ4v) is 4.64. The first-order chi connectivity index (χ1) is 18.8. The molecule has 0 aromatic heterocycles. The number of hydrogen-bond acceptors (Lipinski definition) is 4. The van der Waals surface area contributed by atoms with Gasteiger partial charge < -0.3 is 20.5 Å². The van der Waals surface area contributed by atoms with Gasteiger partial charge >= 0.3 is 24.4 Å². The van der Waals surface area contributed by atoms with E-state index in [-0.39, 0.29) is 43.7 Å². The summed E-state index contributed by atoms with van der Waals surface area (Å²) >= 11 is 0. The van der Waals surface area contributed by atoms with Crippen LogP contribution in [-0.2, 0) is 28.4 Å². The van der Waals surface area contributed by atoms with E-state index in [0.29, 0.717) is 12.1 Å². The lowest BCUT2D eigenvalue weighted by atomic mass is 9.98. The number of fused-ring (bicyclic) bond motifs is 3. The average molecular weight is 566 g/mol. The van der Waals surface area contributed by atoms with E-state index < -0.39 is 41.6 Å². The van der Waals surface area contributed by atoms with Crippen LogP contribution < -0.4 is 10.6 Å². The third-order valence-corrected chi connectivity index (χ3v) is 6.52. The standard InChI is InChI=1S/C28H24F6N2O4/c29-27(30,31)17-11-16(12-18(13-17)28(32,33)34)14-35-10-9-24(25(37)38)36-26(39)40-15-23-21-7-3-1-5-19(21)20-6-2-4-8-22(20)23/h1-8,11-13,23-24,35H,9-10,14-15H2,(H,36,39)(H,37,38)/t24-/m0/s1. The predicted octanol–water partition coefficient (Wildman–Crippen LogP) is 6.20. The molecule has 0 unspecified atom stereocenters. The van der Waals surface area contributed by atoms with Gasteiger partial charge in [0.05, 0.1) is 11.1 Å². The Hall–Kier alpha value is -4.06. The number of nitrogens with one attached hydrogen (secondary N) is 2. The van der Waals surface area contributed by atoms with Crippen molar-refractivity contribution in [3.8, 4) is 11.1 Å². The van der Waals surface area contributed by atoms with Crippen LogP contribution in [0, 0.1) is 0 Å². The summed E-state index contributed by atoms with van der Waals surface area (Å²) in [6.07, 6.45) is -11.1. The van der Waals surface area contributed by atoms with E-state index in [1.54, 1.807) is 0 Å². The summed E-state index contributed by atoms with van der Waals surface area (Å²) in [4.78, 5) is 24.1. The highest BCUT2D eigenvalue weighted by Gasteiger charge is 2.37. The van der Waals surface area contributed by atoms with E-state index in [0.717, 1.165) is 22.3 Å². The lowest BCUT2D eigenvalue weighted by Crippen LogP contribution is -2.43. The van der Waals surface area contributed by atoms with Gasteiger partial charge in [-0.05, 0) is 59.0 Å². The molecular formula is C28H24F6N2O4. The molecule has 1 aliphatic rings. The summed E-state index contributed by atoms with van der Waals surface area (Å²) in [6.45, 7) is -0.552. The summed E-state index contributed by atoms with van der Waals surface area (Å²) < 4.78 is 83.6. The molecule has 0 radical (unpaired) electrons. The Kier molecular flexibility index (Phi) is 8.38. The van der Waals surface area contributed by atoms with Gasteiger partial charge in [0.15, 0.2) is 0 Å². The second-order valence-corrected chi connectivity index (χ2v) is 9.24. The summed E-state index contributed by atoms with van der Waals surface area (Å²) in [5, 5.41) is 14.4. The largest absolute Gasteiger partial charge is 0.480 e. The van der Waals surface area contributed by atoms with E-state index in [4.69, 9.17) is 4.74 Å². The number of hydrogen-bond donors (Lipinski definition) is 3. The molecule has 4 rings (SSSR count). The Bertz CT molecular complexity index is 1310. The first-order valence-corrected chi connectivity index (χ1v) is 12.2. The van der Waals surface area contributed by atoms with Crippen LogP contribution in [0.3, 0.4) is 0 Å². The highest BCUT2D eigenvalue weighted by molar-refractivity contribution is 5.81. The maximum Gasteiger partial charge on any atom is 0.416 e. The number of carboxylic acids is 1. The SMILES string of the molecule is O=C(N[C@@H](CCNCc1cc(C(F)(F)F)cc(C(F)(F)F)c1)C(=O)O)OCC1c2ccccc2-c2ccccc21. The van der Waals surface area contributed by atoms with Gasteiger partial charge in [0.1, 0.15) is 12.6 Å². The van der Waals surface area contributed by atoms with Crippen molar-refractivity contribution in [2.45, 2.75) is 37.3 Å². The topological polar surface area (TPSA) is 87.7 Å². The molecule has 0 saturated carbocycles. The zero-order valence-corrected chi connectivity index (χ0v) is 20.8. The number of ether oxygens (including phenoxy) is 1. The van der Waals surface area contributed by atoms with Gasteiger partial charge in [-0.3, -0.25) is 0 Å².